The fourth-order valence-electron chi connectivity index (χ4n) is 1.10. The number of nitrogens with one attached hydrogen (secondary N) is 1. The molecule has 0 saturated heterocycles. The average molecular weight is 199 g/mol. The first-order valence-electron chi connectivity index (χ1n) is 4.47. The Morgan fingerprint density at radius 1 is 1.62 bits per heavy atom. The van der Waals surface area contributed by atoms with Crippen molar-refractivity contribution in [1.82, 2.24) is 4.98 Å². The van der Waals surface area contributed by atoms with Crippen LogP contribution in [0.2, 0.25) is 0 Å². The van der Waals surface area contributed by atoms with E-state index in [9.17, 15) is 0 Å². The molecule has 1 rings (SSSR count). The lowest BCUT2D eigenvalue weighted by Crippen LogP contribution is -2.25. The van der Waals surface area contributed by atoms with Gasteiger partial charge in [0, 0.05) is 18.1 Å². The van der Waals surface area contributed by atoms with E-state index in [1.165, 1.54) is 0 Å². The lowest BCUT2D eigenvalue weighted by Gasteiger charge is -2.23. The van der Waals surface area contributed by atoms with E-state index in [-0.39, 0.29) is 5.41 Å². The highest BCUT2D eigenvalue weighted by molar-refractivity contribution is 7.13. The molecule has 0 atom stereocenters. The fourth-order valence-corrected chi connectivity index (χ4v) is 1.63. The molecule has 0 fully saturated rings. The van der Waals surface area contributed by atoms with E-state index in [1.54, 1.807) is 11.3 Å². The van der Waals surface area contributed by atoms with Gasteiger partial charge in [-0.15, -0.1) is 11.3 Å². The van der Waals surface area contributed by atoms with Gasteiger partial charge in [-0.25, -0.2) is 4.98 Å². The first kappa shape index (κ1) is 10.5. The SMILES string of the molecule is CC(C)(CCN)CNc1nccs1. The van der Waals surface area contributed by atoms with Gasteiger partial charge in [-0.05, 0) is 18.4 Å². The number of rotatable bonds is 5. The minimum atomic E-state index is 0.250. The first-order chi connectivity index (χ1) is 6.14. The lowest BCUT2D eigenvalue weighted by atomic mass is 9.89. The quantitative estimate of drug-likeness (QED) is 0.762. The summed E-state index contributed by atoms with van der Waals surface area (Å²) in [5.41, 5.74) is 5.77. The standard InChI is InChI=1S/C9H17N3S/c1-9(2,3-4-10)7-12-8-11-5-6-13-8/h5-6H,3-4,7,10H2,1-2H3,(H,11,12). The third kappa shape index (κ3) is 3.74. The molecule has 0 aliphatic carbocycles. The summed E-state index contributed by atoms with van der Waals surface area (Å²) < 4.78 is 0. The van der Waals surface area contributed by atoms with Crippen molar-refractivity contribution in [1.29, 1.82) is 0 Å². The Kier molecular flexibility index (Phi) is 3.69. The van der Waals surface area contributed by atoms with Crippen molar-refractivity contribution >= 4 is 16.5 Å². The van der Waals surface area contributed by atoms with Gasteiger partial charge in [0.05, 0.1) is 0 Å². The van der Waals surface area contributed by atoms with E-state index in [0.29, 0.717) is 0 Å². The highest BCUT2D eigenvalue weighted by Gasteiger charge is 2.16. The summed E-state index contributed by atoms with van der Waals surface area (Å²) in [6.45, 7) is 6.09. The van der Waals surface area contributed by atoms with Crippen molar-refractivity contribution in [2.24, 2.45) is 11.1 Å². The van der Waals surface area contributed by atoms with Crippen LogP contribution in [0.15, 0.2) is 11.6 Å². The van der Waals surface area contributed by atoms with Gasteiger partial charge in [0.15, 0.2) is 5.13 Å². The highest BCUT2D eigenvalue weighted by Crippen LogP contribution is 2.21. The van der Waals surface area contributed by atoms with Crippen LogP contribution in [0.5, 0.6) is 0 Å². The highest BCUT2D eigenvalue weighted by atomic mass is 32.1. The number of hydrogen-bond acceptors (Lipinski definition) is 4. The predicted molar refractivity (Wildman–Crippen MR) is 58.1 cm³/mol. The fraction of sp³-hybridized carbons (Fsp3) is 0.667. The zero-order chi connectivity index (χ0) is 9.73. The van der Waals surface area contributed by atoms with E-state index >= 15 is 0 Å². The van der Waals surface area contributed by atoms with Crippen LogP contribution < -0.4 is 11.1 Å². The molecule has 4 heteroatoms. The second-order valence-corrected chi connectivity index (χ2v) is 4.79. The zero-order valence-electron chi connectivity index (χ0n) is 8.21. The van der Waals surface area contributed by atoms with Crippen LogP contribution >= 0.6 is 11.3 Å². The number of nitrogens with zero attached hydrogens (tertiary/aromatic N) is 1. The molecule has 0 spiro atoms. The van der Waals surface area contributed by atoms with E-state index in [4.69, 9.17) is 5.73 Å². The molecule has 1 heterocycles. The van der Waals surface area contributed by atoms with Crippen LogP contribution in [0.3, 0.4) is 0 Å². The summed E-state index contributed by atoms with van der Waals surface area (Å²) in [5, 5.41) is 6.26. The van der Waals surface area contributed by atoms with Crippen molar-refractivity contribution in [3.05, 3.63) is 11.6 Å². The minimum Gasteiger partial charge on any atom is -0.361 e. The van der Waals surface area contributed by atoms with Crippen LogP contribution in [-0.4, -0.2) is 18.1 Å². The normalized spacial score (nSPS) is 11.6. The van der Waals surface area contributed by atoms with Crippen LogP contribution in [0.1, 0.15) is 20.3 Å². The van der Waals surface area contributed by atoms with Crippen LogP contribution in [0, 0.1) is 5.41 Å². The first-order valence-corrected chi connectivity index (χ1v) is 5.35. The molecule has 0 amide bonds. The summed E-state index contributed by atoms with van der Waals surface area (Å²) in [7, 11) is 0. The molecule has 1 aromatic rings. The second kappa shape index (κ2) is 4.58. The average Bonchev–Trinajstić information content (AvgIpc) is 2.52. The summed E-state index contributed by atoms with van der Waals surface area (Å²) in [6.07, 6.45) is 2.84. The third-order valence-corrected chi connectivity index (χ3v) is 2.70. The summed E-state index contributed by atoms with van der Waals surface area (Å²) in [5.74, 6) is 0. The number of thiazole rings is 1. The van der Waals surface area contributed by atoms with Gasteiger partial charge in [-0.2, -0.15) is 0 Å². The van der Waals surface area contributed by atoms with Crippen LogP contribution in [-0.2, 0) is 0 Å². The predicted octanol–water partition coefficient (Wildman–Crippen LogP) is 1.93. The topological polar surface area (TPSA) is 50.9 Å². The van der Waals surface area contributed by atoms with Crippen LogP contribution in [0.25, 0.3) is 0 Å². The number of hydrogen-bond donors (Lipinski definition) is 2. The molecule has 0 saturated carbocycles. The van der Waals surface area contributed by atoms with Crippen molar-refractivity contribution in [2.75, 3.05) is 18.4 Å². The van der Waals surface area contributed by atoms with Crippen molar-refractivity contribution in [2.45, 2.75) is 20.3 Å². The molecule has 0 aliphatic heterocycles. The molecule has 0 bridgehead atoms. The minimum absolute atomic E-state index is 0.250. The summed E-state index contributed by atoms with van der Waals surface area (Å²) >= 11 is 1.63. The van der Waals surface area contributed by atoms with Gasteiger partial charge in [0.1, 0.15) is 0 Å². The molecule has 0 radical (unpaired) electrons. The van der Waals surface area contributed by atoms with Gasteiger partial charge in [-0.1, -0.05) is 13.8 Å². The second-order valence-electron chi connectivity index (χ2n) is 3.89. The Morgan fingerprint density at radius 3 is 2.92 bits per heavy atom. The Labute approximate surface area is 83.4 Å². The van der Waals surface area contributed by atoms with E-state index < -0.39 is 0 Å². The maximum Gasteiger partial charge on any atom is 0.182 e. The lowest BCUT2D eigenvalue weighted by molar-refractivity contribution is 0.365. The summed E-state index contributed by atoms with van der Waals surface area (Å²) in [6, 6.07) is 0. The molecule has 0 unspecified atom stereocenters. The molecule has 74 valence electrons. The zero-order valence-corrected chi connectivity index (χ0v) is 9.03. The number of aromatic nitrogens is 1. The molecule has 0 aliphatic rings. The third-order valence-electron chi connectivity index (χ3n) is 1.97. The van der Waals surface area contributed by atoms with Gasteiger partial charge in [0.2, 0.25) is 0 Å². The molecular formula is C9H17N3S. The Morgan fingerprint density at radius 2 is 2.38 bits per heavy atom. The van der Waals surface area contributed by atoms with Crippen molar-refractivity contribution in [3.8, 4) is 0 Å². The van der Waals surface area contributed by atoms with E-state index in [2.05, 4.69) is 24.1 Å². The van der Waals surface area contributed by atoms with Crippen LogP contribution in [0.4, 0.5) is 5.13 Å². The Balaban J connectivity index is 2.33. The summed E-state index contributed by atoms with van der Waals surface area (Å²) in [4.78, 5) is 4.16. The van der Waals surface area contributed by atoms with Crippen molar-refractivity contribution < 1.29 is 0 Å². The number of nitrogens with two attached hydrogens (primary N) is 1. The maximum atomic E-state index is 5.52. The molecule has 1 aromatic heterocycles. The van der Waals surface area contributed by atoms with Gasteiger partial charge in [0.25, 0.3) is 0 Å². The Hall–Kier alpha value is -0.610. The number of anilines is 1. The molecule has 0 aromatic carbocycles. The van der Waals surface area contributed by atoms with Gasteiger partial charge >= 0.3 is 0 Å². The smallest absolute Gasteiger partial charge is 0.182 e. The van der Waals surface area contributed by atoms with E-state index in [0.717, 1.165) is 24.6 Å². The van der Waals surface area contributed by atoms with Crippen molar-refractivity contribution in [3.63, 3.8) is 0 Å². The van der Waals surface area contributed by atoms with Gasteiger partial charge in [-0.3, -0.25) is 0 Å². The molecule has 3 N–H and O–H groups in total. The molecular weight excluding hydrogens is 182 g/mol. The van der Waals surface area contributed by atoms with E-state index in [1.807, 2.05) is 11.6 Å². The molecule has 13 heavy (non-hydrogen) atoms. The Bertz CT molecular complexity index is 231. The monoisotopic (exact) mass is 199 g/mol. The maximum absolute atomic E-state index is 5.52. The largest absolute Gasteiger partial charge is 0.361 e. The molecule has 3 nitrogen and oxygen atoms in total. The van der Waals surface area contributed by atoms with Gasteiger partial charge < -0.3 is 11.1 Å².